The molecule has 0 aliphatic carbocycles. The average Bonchev–Trinajstić information content (AvgIpc) is 2.26. The molecular weight excluding hydrogens is 192 g/mol. The van der Waals surface area contributed by atoms with Gasteiger partial charge in [0.05, 0.1) is 0 Å². The molecule has 0 saturated carbocycles. The minimum atomic E-state index is 0.731. The van der Waals surface area contributed by atoms with Crippen LogP contribution in [0.15, 0.2) is 0 Å². The minimum absolute atomic E-state index is 0.731. The van der Waals surface area contributed by atoms with E-state index in [1.165, 1.54) is 24.6 Å². The van der Waals surface area contributed by atoms with Crippen molar-refractivity contribution >= 4 is 11.8 Å². The van der Waals surface area contributed by atoms with Gasteiger partial charge in [0.25, 0.3) is 0 Å². The Hall–Kier alpha value is 0.270. The summed E-state index contributed by atoms with van der Waals surface area (Å²) in [4.78, 5) is 2.64. The molecule has 14 heavy (non-hydrogen) atoms. The third-order valence-corrected chi connectivity index (χ3v) is 4.10. The zero-order valence-corrected chi connectivity index (χ0v) is 10.6. The SMILES string of the molecule is CCNCC(C)C(C)N1CCSCC1. The molecule has 1 saturated heterocycles. The molecule has 1 aliphatic heterocycles. The van der Waals surface area contributed by atoms with Gasteiger partial charge in [-0.3, -0.25) is 4.90 Å². The van der Waals surface area contributed by atoms with Crippen molar-refractivity contribution in [3.63, 3.8) is 0 Å². The zero-order chi connectivity index (χ0) is 10.4. The predicted octanol–water partition coefficient (Wildman–Crippen LogP) is 1.67. The maximum Gasteiger partial charge on any atom is 0.0105 e. The molecule has 1 rings (SSSR count). The standard InChI is InChI=1S/C11H24N2S/c1-4-12-9-10(2)11(3)13-5-7-14-8-6-13/h10-12H,4-9H2,1-3H3. The molecule has 0 aromatic heterocycles. The summed E-state index contributed by atoms with van der Waals surface area (Å²) in [5.41, 5.74) is 0. The summed E-state index contributed by atoms with van der Waals surface area (Å²) in [6, 6.07) is 0.731. The summed E-state index contributed by atoms with van der Waals surface area (Å²) in [5.74, 6) is 3.40. The highest BCUT2D eigenvalue weighted by Crippen LogP contribution is 2.16. The number of thioether (sulfide) groups is 1. The summed E-state index contributed by atoms with van der Waals surface area (Å²) < 4.78 is 0. The smallest absolute Gasteiger partial charge is 0.0105 e. The third-order valence-electron chi connectivity index (χ3n) is 3.16. The number of nitrogens with one attached hydrogen (secondary N) is 1. The van der Waals surface area contributed by atoms with Gasteiger partial charge >= 0.3 is 0 Å². The molecule has 0 radical (unpaired) electrons. The first-order chi connectivity index (χ1) is 6.75. The lowest BCUT2D eigenvalue weighted by Crippen LogP contribution is -2.45. The molecular formula is C11H24N2S. The van der Waals surface area contributed by atoms with Gasteiger partial charge in [0.15, 0.2) is 0 Å². The Morgan fingerprint density at radius 1 is 1.29 bits per heavy atom. The molecule has 1 fully saturated rings. The monoisotopic (exact) mass is 216 g/mol. The van der Waals surface area contributed by atoms with Crippen LogP contribution in [0.3, 0.4) is 0 Å². The van der Waals surface area contributed by atoms with E-state index in [2.05, 4.69) is 42.7 Å². The van der Waals surface area contributed by atoms with Crippen LogP contribution in [0.1, 0.15) is 20.8 Å². The van der Waals surface area contributed by atoms with E-state index in [-0.39, 0.29) is 0 Å². The van der Waals surface area contributed by atoms with E-state index in [4.69, 9.17) is 0 Å². The van der Waals surface area contributed by atoms with E-state index in [1.54, 1.807) is 0 Å². The Labute approximate surface area is 92.8 Å². The van der Waals surface area contributed by atoms with Crippen LogP contribution in [0.5, 0.6) is 0 Å². The first-order valence-corrected chi connectivity index (χ1v) is 6.93. The van der Waals surface area contributed by atoms with Crippen molar-refractivity contribution in [3.8, 4) is 0 Å². The third kappa shape index (κ3) is 3.79. The van der Waals surface area contributed by atoms with E-state index in [0.717, 1.165) is 25.0 Å². The first kappa shape index (κ1) is 12.3. The lowest BCUT2D eigenvalue weighted by atomic mass is 10.0. The molecule has 0 bridgehead atoms. The van der Waals surface area contributed by atoms with Gasteiger partial charge in [-0.15, -0.1) is 0 Å². The highest BCUT2D eigenvalue weighted by molar-refractivity contribution is 7.99. The fourth-order valence-electron chi connectivity index (χ4n) is 1.89. The van der Waals surface area contributed by atoms with Crippen LogP contribution in [0.25, 0.3) is 0 Å². The van der Waals surface area contributed by atoms with Crippen molar-refractivity contribution in [1.29, 1.82) is 0 Å². The van der Waals surface area contributed by atoms with Gasteiger partial charge in [0.1, 0.15) is 0 Å². The second-order valence-electron chi connectivity index (χ2n) is 4.17. The van der Waals surface area contributed by atoms with Crippen molar-refractivity contribution < 1.29 is 0 Å². The molecule has 1 aliphatic rings. The van der Waals surface area contributed by atoms with E-state index >= 15 is 0 Å². The summed E-state index contributed by atoms with van der Waals surface area (Å²) in [7, 11) is 0. The van der Waals surface area contributed by atoms with Gasteiger partial charge < -0.3 is 5.32 Å². The number of nitrogens with zero attached hydrogens (tertiary/aromatic N) is 1. The molecule has 0 amide bonds. The lowest BCUT2D eigenvalue weighted by molar-refractivity contribution is 0.175. The van der Waals surface area contributed by atoms with Gasteiger partial charge in [-0.05, 0) is 25.9 Å². The van der Waals surface area contributed by atoms with E-state index in [0.29, 0.717) is 0 Å². The van der Waals surface area contributed by atoms with E-state index in [9.17, 15) is 0 Å². The number of rotatable bonds is 5. The maximum atomic E-state index is 3.44. The Balaban J connectivity index is 2.26. The Morgan fingerprint density at radius 3 is 2.50 bits per heavy atom. The van der Waals surface area contributed by atoms with Crippen molar-refractivity contribution in [3.05, 3.63) is 0 Å². The van der Waals surface area contributed by atoms with E-state index < -0.39 is 0 Å². The van der Waals surface area contributed by atoms with Crippen molar-refractivity contribution in [1.82, 2.24) is 10.2 Å². The average molecular weight is 216 g/mol. The number of hydrogen-bond acceptors (Lipinski definition) is 3. The van der Waals surface area contributed by atoms with Crippen LogP contribution in [0, 0.1) is 5.92 Å². The molecule has 2 unspecified atom stereocenters. The van der Waals surface area contributed by atoms with Crippen molar-refractivity contribution in [2.45, 2.75) is 26.8 Å². The molecule has 0 aromatic carbocycles. The van der Waals surface area contributed by atoms with Crippen molar-refractivity contribution in [2.75, 3.05) is 37.7 Å². The lowest BCUT2D eigenvalue weighted by Gasteiger charge is -2.35. The molecule has 0 spiro atoms. The van der Waals surface area contributed by atoms with Crippen LogP contribution >= 0.6 is 11.8 Å². The Morgan fingerprint density at radius 2 is 1.93 bits per heavy atom. The van der Waals surface area contributed by atoms with Crippen LogP contribution in [-0.4, -0.2) is 48.6 Å². The van der Waals surface area contributed by atoms with Crippen LogP contribution < -0.4 is 5.32 Å². The summed E-state index contributed by atoms with van der Waals surface area (Å²) in [6.07, 6.45) is 0. The summed E-state index contributed by atoms with van der Waals surface area (Å²) >= 11 is 2.09. The van der Waals surface area contributed by atoms with Gasteiger partial charge in [0, 0.05) is 30.6 Å². The molecule has 2 atom stereocenters. The topological polar surface area (TPSA) is 15.3 Å². The van der Waals surface area contributed by atoms with Crippen molar-refractivity contribution in [2.24, 2.45) is 5.92 Å². The molecule has 3 heteroatoms. The second kappa shape index (κ2) is 6.70. The molecule has 1 heterocycles. The van der Waals surface area contributed by atoms with Gasteiger partial charge in [0.2, 0.25) is 0 Å². The van der Waals surface area contributed by atoms with Crippen LogP contribution in [-0.2, 0) is 0 Å². The molecule has 0 aromatic rings. The predicted molar refractivity (Wildman–Crippen MR) is 66.1 cm³/mol. The molecule has 1 N–H and O–H groups in total. The van der Waals surface area contributed by atoms with Crippen LogP contribution in [0.2, 0.25) is 0 Å². The summed E-state index contributed by atoms with van der Waals surface area (Å²) in [5, 5.41) is 3.44. The Bertz CT molecular complexity index is 146. The van der Waals surface area contributed by atoms with E-state index in [1.807, 2.05) is 0 Å². The highest BCUT2D eigenvalue weighted by atomic mass is 32.2. The highest BCUT2D eigenvalue weighted by Gasteiger charge is 2.21. The molecule has 84 valence electrons. The fraction of sp³-hybridized carbons (Fsp3) is 1.00. The van der Waals surface area contributed by atoms with Gasteiger partial charge in [-0.25, -0.2) is 0 Å². The summed E-state index contributed by atoms with van der Waals surface area (Å²) in [6.45, 7) is 11.7. The zero-order valence-electron chi connectivity index (χ0n) is 9.75. The maximum absolute atomic E-state index is 3.44. The largest absolute Gasteiger partial charge is 0.317 e. The fourth-order valence-corrected chi connectivity index (χ4v) is 2.82. The minimum Gasteiger partial charge on any atom is -0.317 e. The quantitative estimate of drug-likeness (QED) is 0.752. The second-order valence-corrected chi connectivity index (χ2v) is 5.40. The van der Waals surface area contributed by atoms with Crippen LogP contribution in [0.4, 0.5) is 0 Å². The first-order valence-electron chi connectivity index (χ1n) is 5.78. The Kier molecular flexibility index (Phi) is 5.90. The van der Waals surface area contributed by atoms with Gasteiger partial charge in [-0.2, -0.15) is 11.8 Å². The van der Waals surface area contributed by atoms with Gasteiger partial charge in [-0.1, -0.05) is 13.8 Å². The molecule has 2 nitrogen and oxygen atoms in total. The number of hydrogen-bond donors (Lipinski definition) is 1. The normalized spacial score (nSPS) is 23.4.